The molecule has 0 bridgehead atoms. The van der Waals surface area contributed by atoms with Crippen LogP contribution in [0.3, 0.4) is 0 Å². The van der Waals surface area contributed by atoms with Gasteiger partial charge in [-0.25, -0.2) is 13.1 Å². The van der Waals surface area contributed by atoms with Gasteiger partial charge in [-0.05, 0) is 19.8 Å². The molecule has 7 nitrogen and oxygen atoms in total. The van der Waals surface area contributed by atoms with E-state index < -0.39 is 10.0 Å². The van der Waals surface area contributed by atoms with Gasteiger partial charge in [-0.2, -0.15) is 5.10 Å². The molecule has 0 aliphatic carbocycles. The van der Waals surface area contributed by atoms with Gasteiger partial charge in [-0.1, -0.05) is 0 Å². The Hall–Kier alpha value is -1.41. The maximum absolute atomic E-state index is 12.1. The van der Waals surface area contributed by atoms with Gasteiger partial charge < -0.3 is 4.90 Å². The summed E-state index contributed by atoms with van der Waals surface area (Å²) < 4.78 is 28.2. The lowest BCUT2D eigenvalue weighted by Crippen LogP contribution is -2.30. The van der Waals surface area contributed by atoms with Crippen molar-refractivity contribution in [2.24, 2.45) is 7.05 Å². The van der Waals surface area contributed by atoms with Crippen LogP contribution in [0.1, 0.15) is 25.0 Å². The van der Waals surface area contributed by atoms with Crippen LogP contribution >= 0.6 is 0 Å². The highest BCUT2D eigenvalue weighted by atomic mass is 32.2. The molecule has 2 rings (SSSR count). The minimum atomic E-state index is -3.52. The molecule has 0 unspecified atom stereocenters. The zero-order valence-electron chi connectivity index (χ0n) is 11.8. The van der Waals surface area contributed by atoms with Crippen LogP contribution in [0.5, 0.6) is 0 Å². The molecule has 0 radical (unpaired) electrons. The smallest absolute Gasteiger partial charge is 0.243 e. The first-order chi connectivity index (χ1) is 9.40. The number of carbonyl (C=O) groups is 1. The second kappa shape index (κ2) is 5.92. The zero-order valence-corrected chi connectivity index (χ0v) is 12.6. The number of nitrogens with zero attached hydrogens (tertiary/aromatic N) is 3. The fourth-order valence-corrected chi connectivity index (χ4v) is 3.63. The van der Waals surface area contributed by atoms with E-state index in [0.29, 0.717) is 31.6 Å². The molecule has 1 N–H and O–H groups in total. The van der Waals surface area contributed by atoms with Gasteiger partial charge >= 0.3 is 0 Å². The van der Waals surface area contributed by atoms with Crippen LogP contribution in [0, 0.1) is 6.92 Å². The largest absolute Gasteiger partial charge is 0.343 e. The molecule has 0 atom stereocenters. The van der Waals surface area contributed by atoms with Crippen LogP contribution < -0.4 is 4.72 Å². The predicted molar refractivity (Wildman–Crippen MR) is 73.6 cm³/mol. The first kappa shape index (κ1) is 15.0. The number of rotatable bonds is 6. The topological polar surface area (TPSA) is 84.3 Å². The fraction of sp³-hybridized carbons (Fsp3) is 0.667. The van der Waals surface area contributed by atoms with E-state index in [4.69, 9.17) is 0 Å². The van der Waals surface area contributed by atoms with Crippen LogP contribution in [0.2, 0.25) is 0 Å². The second-order valence-corrected chi connectivity index (χ2v) is 6.72. The number of aromatic nitrogens is 2. The molecule has 20 heavy (non-hydrogen) atoms. The number of sulfonamides is 1. The van der Waals surface area contributed by atoms with Crippen molar-refractivity contribution in [1.29, 1.82) is 0 Å². The fourth-order valence-electron chi connectivity index (χ4n) is 2.34. The molecule has 1 aromatic heterocycles. The molecule has 1 fully saturated rings. The summed E-state index contributed by atoms with van der Waals surface area (Å²) in [5.74, 6) is 0.163. The van der Waals surface area contributed by atoms with Gasteiger partial charge in [0, 0.05) is 39.3 Å². The molecule has 1 aliphatic rings. The van der Waals surface area contributed by atoms with Crippen molar-refractivity contribution in [1.82, 2.24) is 19.4 Å². The second-order valence-electron chi connectivity index (χ2n) is 4.99. The van der Waals surface area contributed by atoms with Crippen molar-refractivity contribution in [2.45, 2.75) is 31.1 Å². The number of hydrogen-bond donors (Lipinski definition) is 1. The Morgan fingerprint density at radius 3 is 2.75 bits per heavy atom. The van der Waals surface area contributed by atoms with E-state index >= 15 is 0 Å². The molecule has 0 saturated carbocycles. The van der Waals surface area contributed by atoms with E-state index in [9.17, 15) is 13.2 Å². The van der Waals surface area contributed by atoms with E-state index in [0.717, 1.165) is 13.0 Å². The van der Waals surface area contributed by atoms with Gasteiger partial charge in [0.25, 0.3) is 0 Å². The first-order valence-electron chi connectivity index (χ1n) is 6.68. The maximum Gasteiger partial charge on any atom is 0.243 e. The summed E-state index contributed by atoms with van der Waals surface area (Å²) in [6, 6.07) is 0. The maximum atomic E-state index is 12.1. The van der Waals surface area contributed by atoms with Gasteiger partial charge in [0.1, 0.15) is 4.90 Å². The highest BCUT2D eigenvalue weighted by molar-refractivity contribution is 7.89. The van der Waals surface area contributed by atoms with E-state index in [2.05, 4.69) is 9.82 Å². The Morgan fingerprint density at radius 1 is 1.45 bits per heavy atom. The summed E-state index contributed by atoms with van der Waals surface area (Å²) in [7, 11) is -1.83. The van der Waals surface area contributed by atoms with Gasteiger partial charge in [-0.3, -0.25) is 9.48 Å². The van der Waals surface area contributed by atoms with E-state index in [1.54, 1.807) is 18.9 Å². The van der Waals surface area contributed by atoms with Gasteiger partial charge in [0.2, 0.25) is 15.9 Å². The average molecular weight is 300 g/mol. The summed E-state index contributed by atoms with van der Waals surface area (Å²) in [6.07, 6.45) is 3.62. The molecule has 1 amide bonds. The van der Waals surface area contributed by atoms with Gasteiger partial charge in [-0.15, -0.1) is 0 Å². The SMILES string of the molecule is Cc1nn(C)cc1S(=O)(=O)NCCCN1CCCC1=O. The number of aryl methyl sites for hydroxylation is 2. The number of likely N-dealkylation sites (tertiary alicyclic amines) is 1. The summed E-state index contributed by atoms with van der Waals surface area (Å²) in [5, 5.41) is 4.02. The Morgan fingerprint density at radius 2 is 2.20 bits per heavy atom. The van der Waals surface area contributed by atoms with Crippen LogP contribution in [0.15, 0.2) is 11.1 Å². The highest BCUT2D eigenvalue weighted by Crippen LogP contribution is 2.12. The third kappa shape index (κ3) is 3.37. The number of carbonyl (C=O) groups excluding carboxylic acids is 1. The summed E-state index contributed by atoms with van der Waals surface area (Å²) in [4.78, 5) is 13.4. The Balaban J connectivity index is 1.84. The standard InChI is InChI=1S/C12H20N4O3S/c1-10-11(9-15(2)14-10)20(18,19)13-6-4-8-16-7-3-5-12(16)17/h9,13H,3-8H2,1-2H3. The predicted octanol–water partition coefficient (Wildman–Crippen LogP) is 0.0193. The van der Waals surface area contributed by atoms with Crippen LogP contribution in [-0.2, 0) is 21.9 Å². The Bertz CT molecular complexity index is 594. The molecule has 1 saturated heterocycles. The molecule has 0 spiro atoms. The normalized spacial score (nSPS) is 16.1. The lowest BCUT2D eigenvalue weighted by atomic mass is 10.4. The minimum absolute atomic E-state index is 0.163. The summed E-state index contributed by atoms with van der Waals surface area (Å²) in [6.45, 7) is 3.37. The summed E-state index contributed by atoms with van der Waals surface area (Å²) >= 11 is 0. The van der Waals surface area contributed by atoms with Crippen molar-refractivity contribution in [3.63, 3.8) is 0 Å². The van der Waals surface area contributed by atoms with E-state index in [1.807, 2.05) is 0 Å². The number of amides is 1. The molecular weight excluding hydrogens is 280 g/mol. The lowest BCUT2D eigenvalue weighted by molar-refractivity contribution is -0.127. The molecule has 1 aliphatic heterocycles. The van der Waals surface area contributed by atoms with Crippen LogP contribution in [0.4, 0.5) is 0 Å². The monoisotopic (exact) mass is 300 g/mol. The van der Waals surface area contributed by atoms with Crippen LogP contribution in [0.25, 0.3) is 0 Å². The number of hydrogen-bond acceptors (Lipinski definition) is 4. The van der Waals surface area contributed by atoms with Crippen LogP contribution in [-0.4, -0.2) is 48.6 Å². The number of nitrogens with one attached hydrogen (secondary N) is 1. The van der Waals surface area contributed by atoms with Crippen molar-refractivity contribution in [2.75, 3.05) is 19.6 Å². The summed E-state index contributed by atoms with van der Waals surface area (Å²) in [5.41, 5.74) is 0.481. The van der Waals surface area contributed by atoms with Gasteiger partial charge in [0.15, 0.2) is 0 Å². The zero-order chi connectivity index (χ0) is 14.8. The molecule has 112 valence electrons. The lowest BCUT2D eigenvalue weighted by Gasteiger charge is -2.15. The minimum Gasteiger partial charge on any atom is -0.343 e. The Labute approximate surface area is 119 Å². The third-order valence-corrected chi connectivity index (χ3v) is 4.89. The van der Waals surface area contributed by atoms with E-state index in [1.165, 1.54) is 10.9 Å². The van der Waals surface area contributed by atoms with Crippen molar-refractivity contribution in [3.8, 4) is 0 Å². The highest BCUT2D eigenvalue weighted by Gasteiger charge is 2.21. The Kier molecular flexibility index (Phi) is 4.44. The molecule has 1 aromatic rings. The quantitative estimate of drug-likeness (QED) is 0.751. The molecular formula is C12H20N4O3S. The van der Waals surface area contributed by atoms with Crippen molar-refractivity contribution >= 4 is 15.9 Å². The third-order valence-electron chi connectivity index (χ3n) is 3.33. The van der Waals surface area contributed by atoms with E-state index in [-0.39, 0.29) is 10.8 Å². The first-order valence-corrected chi connectivity index (χ1v) is 8.16. The van der Waals surface area contributed by atoms with Crippen molar-refractivity contribution < 1.29 is 13.2 Å². The molecule has 8 heteroatoms. The molecule has 2 heterocycles. The van der Waals surface area contributed by atoms with Crippen molar-refractivity contribution in [3.05, 3.63) is 11.9 Å². The molecule has 0 aromatic carbocycles. The average Bonchev–Trinajstić information content (AvgIpc) is 2.91. The van der Waals surface area contributed by atoms with Gasteiger partial charge in [0.05, 0.1) is 5.69 Å².